The molecule has 4 nitrogen and oxygen atoms in total. The SMILES string of the molecule is CCN(CC)C(=O)c1ccccc1NC(=O)CCc1cccc(Cl)c1. The van der Waals surface area contributed by atoms with Crippen LogP contribution in [0.4, 0.5) is 5.69 Å². The smallest absolute Gasteiger partial charge is 0.255 e. The molecule has 0 aliphatic carbocycles. The Bertz CT molecular complexity index is 742. The van der Waals surface area contributed by atoms with Crippen LogP contribution in [0.3, 0.4) is 0 Å². The molecule has 0 fully saturated rings. The summed E-state index contributed by atoms with van der Waals surface area (Å²) in [6.07, 6.45) is 0.923. The number of amides is 2. The number of para-hydroxylation sites is 1. The van der Waals surface area contributed by atoms with Crippen molar-refractivity contribution >= 4 is 29.1 Å². The normalized spacial score (nSPS) is 10.4. The van der Waals surface area contributed by atoms with Crippen LogP contribution in [-0.2, 0) is 11.2 Å². The van der Waals surface area contributed by atoms with Crippen molar-refractivity contribution in [3.05, 3.63) is 64.7 Å². The monoisotopic (exact) mass is 358 g/mol. The molecule has 0 atom stereocenters. The summed E-state index contributed by atoms with van der Waals surface area (Å²) in [4.78, 5) is 26.6. The van der Waals surface area contributed by atoms with Gasteiger partial charge in [-0.05, 0) is 50.1 Å². The highest BCUT2D eigenvalue weighted by Gasteiger charge is 2.17. The summed E-state index contributed by atoms with van der Waals surface area (Å²) in [5.41, 5.74) is 2.08. The molecule has 0 aliphatic heterocycles. The van der Waals surface area contributed by atoms with Crippen molar-refractivity contribution in [3.63, 3.8) is 0 Å². The molecular weight excluding hydrogens is 336 g/mol. The van der Waals surface area contributed by atoms with Crippen molar-refractivity contribution in [1.29, 1.82) is 0 Å². The van der Waals surface area contributed by atoms with Crippen LogP contribution in [0.15, 0.2) is 48.5 Å². The van der Waals surface area contributed by atoms with E-state index in [9.17, 15) is 9.59 Å². The zero-order chi connectivity index (χ0) is 18.2. The van der Waals surface area contributed by atoms with Crippen molar-refractivity contribution < 1.29 is 9.59 Å². The Morgan fingerprint density at radius 2 is 1.76 bits per heavy atom. The van der Waals surface area contributed by atoms with Gasteiger partial charge in [-0.1, -0.05) is 35.9 Å². The fraction of sp³-hybridized carbons (Fsp3) is 0.300. The van der Waals surface area contributed by atoms with E-state index in [1.807, 2.05) is 38.1 Å². The molecule has 0 aromatic heterocycles. The van der Waals surface area contributed by atoms with Gasteiger partial charge in [-0.2, -0.15) is 0 Å². The van der Waals surface area contributed by atoms with E-state index < -0.39 is 0 Å². The molecule has 1 N–H and O–H groups in total. The summed E-state index contributed by atoms with van der Waals surface area (Å²) in [5.74, 6) is -0.199. The number of hydrogen-bond acceptors (Lipinski definition) is 2. The van der Waals surface area contributed by atoms with Gasteiger partial charge in [0.05, 0.1) is 11.3 Å². The first-order valence-electron chi connectivity index (χ1n) is 8.47. The second-order valence-electron chi connectivity index (χ2n) is 5.70. The minimum absolute atomic E-state index is 0.0734. The number of halogens is 1. The Balaban J connectivity index is 2.04. The molecule has 5 heteroatoms. The molecule has 132 valence electrons. The highest BCUT2D eigenvalue weighted by molar-refractivity contribution is 6.30. The van der Waals surface area contributed by atoms with Crippen molar-refractivity contribution in [2.45, 2.75) is 26.7 Å². The Morgan fingerprint density at radius 3 is 2.44 bits per heavy atom. The molecule has 0 saturated heterocycles. The second-order valence-corrected chi connectivity index (χ2v) is 6.14. The summed E-state index contributed by atoms with van der Waals surface area (Å²) in [7, 11) is 0. The maximum absolute atomic E-state index is 12.6. The van der Waals surface area contributed by atoms with E-state index in [0.717, 1.165) is 5.56 Å². The first-order chi connectivity index (χ1) is 12.0. The van der Waals surface area contributed by atoms with Crippen LogP contribution in [0.5, 0.6) is 0 Å². The van der Waals surface area contributed by atoms with E-state index in [1.165, 1.54) is 0 Å². The highest BCUT2D eigenvalue weighted by Crippen LogP contribution is 2.18. The molecule has 2 aromatic rings. The molecule has 0 spiro atoms. The lowest BCUT2D eigenvalue weighted by molar-refractivity contribution is -0.116. The van der Waals surface area contributed by atoms with Gasteiger partial charge in [0.25, 0.3) is 5.91 Å². The quantitative estimate of drug-likeness (QED) is 0.797. The van der Waals surface area contributed by atoms with Gasteiger partial charge in [-0.15, -0.1) is 0 Å². The van der Waals surface area contributed by atoms with E-state index in [4.69, 9.17) is 11.6 Å². The molecule has 2 amide bonds. The number of carbonyl (C=O) groups is 2. The zero-order valence-electron chi connectivity index (χ0n) is 14.6. The zero-order valence-corrected chi connectivity index (χ0v) is 15.3. The largest absolute Gasteiger partial charge is 0.339 e. The average molecular weight is 359 g/mol. The van der Waals surface area contributed by atoms with Crippen molar-refractivity contribution in [2.75, 3.05) is 18.4 Å². The number of nitrogens with one attached hydrogen (secondary N) is 1. The van der Waals surface area contributed by atoms with E-state index >= 15 is 0 Å². The van der Waals surface area contributed by atoms with E-state index in [0.29, 0.717) is 42.2 Å². The van der Waals surface area contributed by atoms with Crippen LogP contribution in [0.1, 0.15) is 36.2 Å². The van der Waals surface area contributed by atoms with Crippen LogP contribution in [0.25, 0.3) is 0 Å². The van der Waals surface area contributed by atoms with Gasteiger partial charge in [0.15, 0.2) is 0 Å². The maximum Gasteiger partial charge on any atom is 0.255 e. The predicted octanol–water partition coefficient (Wildman–Crippen LogP) is 4.39. The summed E-state index contributed by atoms with van der Waals surface area (Å²) in [6.45, 7) is 5.14. The Kier molecular flexibility index (Phi) is 7.02. The lowest BCUT2D eigenvalue weighted by Gasteiger charge is -2.20. The molecule has 0 bridgehead atoms. The molecular formula is C20H23ClN2O2. The van der Waals surface area contributed by atoms with Gasteiger partial charge in [0.1, 0.15) is 0 Å². The number of nitrogens with zero attached hydrogens (tertiary/aromatic N) is 1. The maximum atomic E-state index is 12.6. The summed E-state index contributed by atoms with van der Waals surface area (Å²) >= 11 is 5.96. The highest BCUT2D eigenvalue weighted by atomic mass is 35.5. The third-order valence-electron chi connectivity index (χ3n) is 4.01. The van der Waals surface area contributed by atoms with Crippen molar-refractivity contribution in [2.24, 2.45) is 0 Å². The first-order valence-corrected chi connectivity index (χ1v) is 8.85. The number of carbonyl (C=O) groups excluding carboxylic acids is 2. The van der Waals surface area contributed by atoms with Gasteiger partial charge in [-0.25, -0.2) is 0 Å². The van der Waals surface area contributed by atoms with Crippen molar-refractivity contribution in [1.82, 2.24) is 4.90 Å². The Labute approximate surface area is 153 Å². The summed E-state index contributed by atoms with van der Waals surface area (Å²) < 4.78 is 0. The average Bonchev–Trinajstić information content (AvgIpc) is 2.61. The Morgan fingerprint density at radius 1 is 1.04 bits per heavy atom. The van der Waals surface area contributed by atoms with Gasteiger partial charge in [-0.3, -0.25) is 9.59 Å². The van der Waals surface area contributed by atoms with Crippen molar-refractivity contribution in [3.8, 4) is 0 Å². The number of hydrogen-bond donors (Lipinski definition) is 1. The molecule has 2 rings (SSSR count). The third-order valence-corrected chi connectivity index (χ3v) is 4.25. The van der Waals surface area contributed by atoms with E-state index in [-0.39, 0.29) is 11.8 Å². The minimum Gasteiger partial charge on any atom is -0.339 e. The van der Waals surface area contributed by atoms with Gasteiger partial charge in [0, 0.05) is 24.5 Å². The summed E-state index contributed by atoms with van der Waals surface area (Å²) in [5, 5.41) is 3.52. The molecule has 0 saturated carbocycles. The minimum atomic E-state index is -0.125. The van der Waals surface area contributed by atoms with Gasteiger partial charge < -0.3 is 10.2 Å². The van der Waals surface area contributed by atoms with Gasteiger partial charge >= 0.3 is 0 Å². The topological polar surface area (TPSA) is 49.4 Å². The lowest BCUT2D eigenvalue weighted by Crippen LogP contribution is -2.31. The standard InChI is InChI=1S/C20H23ClN2O2/c1-3-23(4-2)20(25)17-10-5-6-11-18(17)22-19(24)13-12-15-8-7-9-16(21)14-15/h5-11,14H,3-4,12-13H2,1-2H3,(H,22,24). The molecule has 0 radical (unpaired) electrons. The fourth-order valence-corrected chi connectivity index (χ4v) is 2.84. The Hall–Kier alpha value is -2.33. The summed E-state index contributed by atoms with van der Waals surface area (Å²) in [6, 6.07) is 14.6. The molecule has 0 unspecified atom stereocenters. The molecule has 0 heterocycles. The van der Waals surface area contributed by atoms with Crippen LogP contribution >= 0.6 is 11.6 Å². The number of rotatable bonds is 7. The lowest BCUT2D eigenvalue weighted by atomic mass is 10.1. The number of benzene rings is 2. The molecule has 2 aromatic carbocycles. The van der Waals surface area contributed by atoms with Crippen LogP contribution in [-0.4, -0.2) is 29.8 Å². The van der Waals surface area contributed by atoms with E-state index in [2.05, 4.69) is 5.32 Å². The van der Waals surface area contributed by atoms with E-state index in [1.54, 1.807) is 29.2 Å². The number of anilines is 1. The van der Waals surface area contributed by atoms with Crippen LogP contribution in [0, 0.1) is 0 Å². The number of aryl methyl sites for hydroxylation is 1. The predicted molar refractivity (Wildman–Crippen MR) is 102 cm³/mol. The second kappa shape index (κ2) is 9.23. The third kappa shape index (κ3) is 5.33. The fourth-order valence-electron chi connectivity index (χ4n) is 2.62. The van der Waals surface area contributed by atoms with Crippen LogP contribution in [0.2, 0.25) is 5.02 Å². The van der Waals surface area contributed by atoms with Crippen LogP contribution < -0.4 is 5.32 Å². The van der Waals surface area contributed by atoms with Gasteiger partial charge in [0.2, 0.25) is 5.91 Å². The first kappa shape index (κ1) is 19.0. The molecule has 25 heavy (non-hydrogen) atoms. The molecule has 0 aliphatic rings.